The maximum Gasteiger partial charge on any atom is 0.258 e. The van der Waals surface area contributed by atoms with E-state index in [-0.39, 0.29) is 45.5 Å². The molecule has 5 fully saturated rings. The SMILES string of the molecule is O=C(COc1ccc(Cl)c(F)c1)NC12CC(NC(=O)C3CNCS34CCCC4)(C1)C2. The van der Waals surface area contributed by atoms with Crippen molar-refractivity contribution in [3.8, 4) is 5.75 Å². The van der Waals surface area contributed by atoms with Gasteiger partial charge in [-0.2, -0.15) is 0 Å². The summed E-state index contributed by atoms with van der Waals surface area (Å²) in [5.41, 5.74) is -0.378. The zero-order valence-electron chi connectivity index (χ0n) is 16.8. The zero-order valence-corrected chi connectivity index (χ0v) is 18.3. The summed E-state index contributed by atoms with van der Waals surface area (Å²) in [6.45, 7) is 0.629. The van der Waals surface area contributed by atoms with Gasteiger partial charge in [-0.15, -0.1) is 0 Å². The second-order valence-corrected chi connectivity index (χ2v) is 13.6. The highest BCUT2D eigenvalue weighted by Gasteiger charge is 2.69. The summed E-state index contributed by atoms with van der Waals surface area (Å²) in [6, 6.07) is 4.09. The summed E-state index contributed by atoms with van der Waals surface area (Å²) < 4.78 is 18.8. The van der Waals surface area contributed by atoms with Gasteiger partial charge in [-0.1, -0.05) is 11.6 Å². The molecule has 3 saturated carbocycles. The van der Waals surface area contributed by atoms with Crippen LogP contribution in [0, 0.1) is 5.82 Å². The van der Waals surface area contributed by atoms with E-state index in [1.54, 1.807) is 0 Å². The van der Waals surface area contributed by atoms with Crippen LogP contribution in [0.15, 0.2) is 18.2 Å². The van der Waals surface area contributed by atoms with Crippen LogP contribution in [0.3, 0.4) is 0 Å². The van der Waals surface area contributed by atoms with E-state index >= 15 is 0 Å². The highest BCUT2D eigenvalue weighted by molar-refractivity contribution is 8.35. The van der Waals surface area contributed by atoms with E-state index in [4.69, 9.17) is 16.3 Å². The molecule has 2 heterocycles. The Kier molecular flexibility index (Phi) is 4.95. The molecule has 3 aliphatic carbocycles. The van der Waals surface area contributed by atoms with E-state index in [0.717, 1.165) is 37.8 Å². The summed E-state index contributed by atoms with van der Waals surface area (Å²) in [7, 11) is -0.823. The number of rotatable bonds is 6. The van der Waals surface area contributed by atoms with Crippen LogP contribution < -0.4 is 20.7 Å². The highest BCUT2D eigenvalue weighted by Crippen LogP contribution is 2.62. The molecular formula is C21H27ClFN3O3S. The molecular weight excluding hydrogens is 429 g/mol. The molecule has 30 heavy (non-hydrogen) atoms. The summed E-state index contributed by atoms with van der Waals surface area (Å²) in [6.07, 6.45) is 4.83. The van der Waals surface area contributed by atoms with Crippen molar-refractivity contribution in [1.29, 1.82) is 0 Å². The summed E-state index contributed by atoms with van der Waals surface area (Å²) in [4.78, 5) is 25.3. The van der Waals surface area contributed by atoms with Crippen molar-refractivity contribution < 1.29 is 18.7 Å². The molecule has 0 aromatic heterocycles. The number of halogens is 2. The molecule has 1 unspecified atom stereocenters. The molecule has 1 atom stereocenters. The number of benzene rings is 1. The number of hydrogen-bond donors (Lipinski definition) is 3. The van der Waals surface area contributed by atoms with Crippen LogP contribution in [0.1, 0.15) is 32.1 Å². The molecule has 164 valence electrons. The lowest BCUT2D eigenvalue weighted by Crippen LogP contribution is -2.84. The van der Waals surface area contributed by atoms with Gasteiger partial charge >= 0.3 is 0 Å². The molecule has 2 saturated heterocycles. The van der Waals surface area contributed by atoms with Gasteiger partial charge in [0.2, 0.25) is 5.91 Å². The largest absolute Gasteiger partial charge is 0.484 e. The lowest BCUT2D eigenvalue weighted by Gasteiger charge is -2.70. The van der Waals surface area contributed by atoms with Crippen molar-refractivity contribution in [1.82, 2.24) is 16.0 Å². The van der Waals surface area contributed by atoms with Gasteiger partial charge in [0.1, 0.15) is 11.6 Å². The number of carbonyl (C=O) groups is 2. The first kappa shape index (κ1) is 20.4. The van der Waals surface area contributed by atoms with Crippen LogP contribution in [-0.4, -0.2) is 58.7 Å². The molecule has 9 heteroatoms. The lowest BCUT2D eigenvalue weighted by atomic mass is 9.44. The van der Waals surface area contributed by atoms with E-state index in [0.29, 0.717) is 0 Å². The lowest BCUT2D eigenvalue weighted by molar-refractivity contribution is -0.150. The van der Waals surface area contributed by atoms with Crippen molar-refractivity contribution in [2.45, 2.75) is 48.4 Å². The van der Waals surface area contributed by atoms with E-state index in [9.17, 15) is 14.0 Å². The molecule has 2 aliphatic heterocycles. The fourth-order valence-electron chi connectivity index (χ4n) is 5.74. The first-order valence-electron chi connectivity index (χ1n) is 10.5. The third-order valence-corrected chi connectivity index (χ3v) is 11.9. The molecule has 1 spiro atoms. The number of carbonyl (C=O) groups excluding carboxylic acids is 2. The Hall–Kier alpha value is -1.51. The van der Waals surface area contributed by atoms with Gasteiger partial charge < -0.3 is 20.7 Å². The molecule has 2 amide bonds. The fourth-order valence-corrected chi connectivity index (χ4v) is 10.2. The zero-order chi connectivity index (χ0) is 21.0. The molecule has 1 aromatic carbocycles. The molecule has 3 N–H and O–H groups in total. The van der Waals surface area contributed by atoms with Gasteiger partial charge in [0, 0.05) is 29.6 Å². The second kappa shape index (κ2) is 7.28. The Morgan fingerprint density at radius 3 is 2.60 bits per heavy atom. The van der Waals surface area contributed by atoms with E-state index in [1.807, 2.05) is 0 Å². The van der Waals surface area contributed by atoms with Gasteiger partial charge in [0.25, 0.3) is 5.91 Å². The van der Waals surface area contributed by atoms with Crippen molar-refractivity contribution >= 4 is 33.4 Å². The van der Waals surface area contributed by atoms with Crippen molar-refractivity contribution in [2.24, 2.45) is 0 Å². The van der Waals surface area contributed by atoms with Gasteiger partial charge in [0.15, 0.2) is 6.61 Å². The van der Waals surface area contributed by atoms with Crippen molar-refractivity contribution in [3.05, 3.63) is 29.0 Å². The van der Waals surface area contributed by atoms with Crippen molar-refractivity contribution in [2.75, 3.05) is 30.5 Å². The van der Waals surface area contributed by atoms with Gasteiger partial charge in [-0.3, -0.25) is 9.59 Å². The topological polar surface area (TPSA) is 79.5 Å². The van der Waals surface area contributed by atoms with Gasteiger partial charge in [-0.05, 0) is 55.7 Å². The first-order chi connectivity index (χ1) is 14.3. The highest BCUT2D eigenvalue weighted by atomic mass is 35.5. The monoisotopic (exact) mass is 455 g/mol. The molecule has 5 aliphatic rings. The average Bonchev–Trinajstić information content (AvgIpc) is 3.30. The third kappa shape index (κ3) is 3.46. The van der Waals surface area contributed by atoms with E-state index < -0.39 is 15.8 Å². The maximum absolute atomic E-state index is 13.5. The Bertz CT molecular complexity index is 867. The molecule has 6 rings (SSSR count). The summed E-state index contributed by atoms with van der Waals surface area (Å²) in [5, 5.41) is 9.98. The number of nitrogens with one attached hydrogen (secondary N) is 3. The van der Waals surface area contributed by atoms with Crippen molar-refractivity contribution in [3.63, 3.8) is 0 Å². The van der Waals surface area contributed by atoms with Crippen LogP contribution in [0.5, 0.6) is 5.75 Å². The minimum absolute atomic E-state index is 0.0156. The standard InChI is InChI=1S/C21H27ClFN3O3S/c22-15-4-3-14(7-16(15)23)29-9-18(27)25-20-10-21(11-20,12-20)26-19(28)17-8-24-13-30(17)5-1-2-6-30/h3-4,7,17,24H,1-2,5-6,8-13H2,(H,25,27)(H,26,28). The smallest absolute Gasteiger partial charge is 0.258 e. The van der Waals surface area contributed by atoms with Gasteiger partial charge in [0.05, 0.1) is 10.3 Å². The third-order valence-electron chi connectivity index (χ3n) is 7.05. The quantitative estimate of drug-likeness (QED) is 0.615. The van der Waals surface area contributed by atoms with Crippen LogP contribution in [0.25, 0.3) is 0 Å². The normalized spacial score (nSPS) is 34.0. The summed E-state index contributed by atoms with van der Waals surface area (Å²) >= 11 is 5.65. The Morgan fingerprint density at radius 1 is 1.20 bits per heavy atom. The van der Waals surface area contributed by atoms with Crippen LogP contribution in [-0.2, 0) is 9.59 Å². The molecule has 2 bridgehead atoms. The molecule has 1 aromatic rings. The minimum Gasteiger partial charge on any atom is -0.484 e. The van der Waals surface area contributed by atoms with Gasteiger partial charge in [-0.25, -0.2) is 14.4 Å². The Balaban J connectivity index is 1.09. The Labute approximate surface area is 181 Å². The maximum atomic E-state index is 13.5. The average molecular weight is 456 g/mol. The Morgan fingerprint density at radius 2 is 1.90 bits per heavy atom. The predicted molar refractivity (Wildman–Crippen MR) is 116 cm³/mol. The fraction of sp³-hybridized carbons (Fsp3) is 0.619. The van der Waals surface area contributed by atoms with E-state index in [1.165, 1.54) is 36.5 Å². The van der Waals surface area contributed by atoms with E-state index in [2.05, 4.69) is 16.0 Å². The van der Waals surface area contributed by atoms with Crippen LogP contribution in [0.4, 0.5) is 4.39 Å². The molecule has 6 nitrogen and oxygen atoms in total. The number of hydrogen-bond acceptors (Lipinski definition) is 4. The minimum atomic E-state index is -0.823. The summed E-state index contributed by atoms with van der Waals surface area (Å²) in [5.74, 6) is 3.15. The number of ether oxygens (including phenoxy) is 1. The van der Waals surface area contributed by atoms with Crippen LogP contribution >= 0.6 is 21.6 Å². The number of amides is 2. The first-order valence-corrected chi connectivity index (χ1v) is 13.1. The van der Waals surface area contributed by atoms with Crippen LogP contribution in [0.2, 0.25) is 5.02 Å². The second-order valence-electron chi connectivity index (χ2n) is 9.31. The molecule has 0 radical (unpaired) electrons. The predicted octanol–water partition coefficient (Wildman–Crippen LogP) is 2.29.